The highest BCUT2D eigenvalue weighted by Crippen LogP contribution is 2.36. The second kappa shape index (κ2) is 13.5. The molecule has 14 nitrogen and oxygen atoms in total. The van der Waals surface area contributed by atoms with Gasteiger partial charge >= 0.3 is 0 Å². The third-order valence-corrected chi connectivity index (χ3v) is 9.49. The molecule has 0 aliphatic carbocycles. The molecule has 46 heavy (non-hydrogen) atoms. The topological polar surface area (TPSA) is 154 Å². The molecule has 244 valence electrons. The number of pyridine rings is 1. The molecule has 0 amide bonds. The normalized spacial score (nSPS) is 16.8. The number of hydrogen-bond donors (Lipinski definition) is 3. The Hall–Kier alpha value is -3.86. The van der Waals surface area contributed by atoms with Gasteiger partial charge in [-0.1, -0.05) is 0 Å². The molecule has 1 aromatic carbocycles. The smallest absolute Gasteiger partial charge is 0.239 e. The van der Waals surface area contributed by atoms with Crippen molar-refractivity contribution in [3.05, 3.63) is 46.8 Å². The number of nitrogens with one attached hydrogen (secondary N) is 3. The number of piperidine rings is 1. The van der Waals surface area contributed by atoms with Gasteiger partial charge in [-0.15, -0.1) is 0 Å². The molecule has 0 bridgehead atoms. The molecular weight excluding hydrogens is 674 g/mol. The number of nitrogens with zero attached hydrogens (tertiary/aromatic N) is 8. The van der Waals surface area contributed by atoms with E-state index in [0.29, 0.717) is 50.6 Å². The summed E-state index contributed by atoms with van der Waals surface area (Å²) in [7, 11) is 0.172. The Labute approximate surface area is 277 Å². The number of sulfonamides is 1. The van der Waals surface area contributed by atoms with E-state index in [9.17, 15) is 8.42 Å². The van der Waals surface area contributed by atoms with E-state index in [4.69, 9.17) is 9.72 Å². The monoisotopic (exact) mass is 711 g/mol. The van der Waals surface area contributed by atoms with Gasteiger partial charge < -0.3 is 25.2 Å². The van der Waals surface area contributed by atoms with Crippen LogP contribution in [-0.4, -0.2) is 109 Å². The van der Waals surface area contributed by atoms with Gasteiger partial charge in [0, 0.05) is 63.9 Å². The zero-order valence-corrected chi connectivity index (χ0v) is 28.7. The van der Waals surface area contributed by atoms with Gasteiger partial charge in [0.1, 0.15) is 22.8 Å². The summed E-state index contributed by atoms with van der Waals surface area (Å²) in [4.78, 5) is 30.0. The van der Waals surface area contributed by atoms with E-state index in [1.807, 2.05) is 13.0 Å². The predicted molar refractivity (Wildman–Crippen MR) is 184 cm³/mol. The number of methoxy groups -OCH3 is 1. The second-order valence-electron chi connectivity index (χ2n) is 11.7. The maximum absolute atomic E-state index is 12.2. The molecule has 0 spiro atoms. The third-order valence-electron chi connectivity index (χ3n) is 8.33. The fourth-order valence-electron chi connectivity index (χ4n) is 5.97. The number of piperazine rings is 1. The van der Waals surface area contributed by atoms with Crippen LogP contribution in [0.1, 0.15) is 18.4 Å². The van der Waals surface area contributed by atoms with Crippen LogP contribution in [0.4, 0.5) is 34.6 Å². The summed E-state index contributed by atoms with van der Waals surface area (Å²) >= 11 is 3.50. The van der Waals surface area contributed by atoms with E-state index in [1.165, 1.54) is 6.20 Å². The number of fused-ring (bicyclic) bond motifs is 1. The van der Waals surface area contributed by atoms with Crippen molar-refractivity contribution in [2.24, 2.45) is 0 Å². The van der Waals surface area contributed by atoms with Crippen molar-refractivity contribution >= 4 is 71.6 Å². The molecule has 3 aromatic heterocycles. The van der Waals surface area contributed by atoms with Crippen molar-refractivity contribution in [1.82, 2.24) is 34.7 Å². The van der Waals surface area contributed by atoms with Crippen LogP contribution in [0.25, 0.3) is 11.0 Å². The largest absolute Gasteiger partial charge is 0.479 e. The van der Waals surface area contributed by atoms with Crippen molar-refractivity contribution in [2.75, 3.05) is 79.9 Å². The van der Waals surface area contributed by atoms with Crippen molar-refractivity contribution in [2.45, 2.75) is 25.8 Å². The molecule has 5 heterocycles. The Morgan fingerprint density at radius 1 is 0.957 bits per heavy atom. The first-order valence-corrected chi connectivity index (χ1v) is 17.8. The van der Waals surface area contributed by atoms with E-state index in [1.54, 1.807) is 31.6 Å². The van der Waals surface area contributed by atoms with E-state index < -0.39 is 10.0 Å². The number of aromatic nitrogens is 5. The van der Waals surface area contributed by atoms with Crippen molar-refractivity contribution in [3.63, 3.8) is 0 Å². The summed E-state index contributed by atoms with van der Waals surface area (Å²) in [6.07, 6.45) is 7.97. The molecule has 2 aliphatic rings. The van der Waals surface area contributed by atoms with Crippen LogP contribution in [-0.2, 0) is 10.0 Å². The van der Waals surface area contributed by atoms with Crippen LogP contribution in [0.15, 0.2) is 41.3 Å². The molecule has 2 saturated heterocycles. The molecule has 0 saturated carbocycles. The lowest BCUT2D eigenvalue weighted by Gasteiger charge is -2.42. The van der Waals surface area contributed by atoms with Gasteiger partial charge in [-0.2, -0.15) is 9.97 Å². The second-order valence-corrected chi connectivity index (χ2v) is 14.3. The Kier molecular flexibility index (Phi) is 9.40. The van der Waals surface area contributed by atoms with E-state index in [2.05, 4.69) is 73.0 Å². The summed E-state index contributed by atoms with van der Waals surface area (Å²) in [6.45, 7) is 8.48. The number of halogens is 1. The SMILES string of the molecule is COc1nc(N2CCC(N3CCN(C)CC3)CC2)c(C)cc1Nc1ncc(Br)c(Nc2ccc3nccnc3c2NS(C)(=O)=O)n1. The number of anilines is 6. The first kappa shape index (κ1) is 32.1. The molecule has 0 atom stereocenters. The molecule has 16 heteroatoms. The Morgan fingerprint density at radius 3 is 2.41 bits per heavy atom. The minimum atomic E-state index is -3.62. The average molecular weight is 713 g/mol. The number of benzene rings is 1. The molecule has 2 fully saturated rings. The minimum Gasteiger partial charge on any atom is -0.479 e. The lowest BCUT2D eigenvalue weighted by molar-refractivity contribution is 0.0981. The predicted octanol–water partition coefficient (Wildman–Crippen LogP) is 3.97. The summed E-state index contributed by atoms with van der Waals surface area (Å²) in [5, 5.41) is 6.46. The van der Waals surface area contributed by atoms with E-state index in [-0.39, 0.29) is 5.69 Å². The Balaban J connectivity index is 1.20. The van der Waals surface area contributed by atoms with Gasteiger partial charge in [-0.05, 0) is 66.5 Å². The molecule has 0 unspecified atom stereocenters. The first-order chi connectivity index (χ1) is 22.1. The van der Waals surface area contributed by atoms with Crippen LogP contribution in [0.5, 0.6) is 5.88 Å². The van der Waals surface area contributed by atoms with Crippen LogP contribution in [0.3, 0.4) is 0 Å². The van der Waals surface area contributed by atoms with Gasteiger partial charge in [0.2, 0.25) is 21.9 Å². The summed E-state index contributed by atoms with van der Waals surface area (Å²) < 4.78 is 33.3. The zero-order chi connectivity index (χ0) is 32.4. The van der Waals surface area contributed by atoms with Gasteiger partial charge in [0.05, 0.1) is 34.7 Å². The highest BCUT2D eigenvalue weighted by Gasteiger charge is 2.28. The average Bonchev–Trinajstić information content (AvgIpc) is 3.04. The maximum atomic E-state index is 12.2. The highest BCUT2D eigenvalue weighted by molar-refractivity contribution is 9.10. The molecular formula is C30H38BrN11O3S. The van der Waals surface area contributed by atoms with E-state index >= 15 is 0 Å². The molecule has 3 N–H and O–H groups in total. The number of rotatable bonds is 9. The standard InChI is InChI=1S/C30H38BrN11O3S/c1-19-17-24(29(45-3)38-28(19)42-11-7-20(8-12-42)41-15-13-40(2)14-16-41)36-30-34-18-21(31)27(37-30)35-23-6-5-22-25(33-10-9-32-22)26(23)39-46(4,43)44/h5-6,9-10,17-18,20,39H,7-8,11-16H2,1-4H3,(H2,34,35,36,37). The number of aryl methyl sites for hydroxylation is 1. The van der Waals surface area contributed by atoms with Gasteiger partial charge in [0.25, 0.3) is 0 Å². The lowest BCUT2D eigenvalue weighted by atomic mass is 10.0. The van der Waals surface area contributed by atoms with Gasteiger partial charge in [0.15, 0.2) is 0 Å². The van der Waals surface area contributed by atoms with E-state index in [0.717, 1.165) is 69.7 Å². The third kappa shape index (κ3) is 7.24. The van der Waals surface area contributed by atoms with Crippen LogP contribution in [0, 0.1) is 6.92 Å². The fourth-order valence-corrected chi connectivity index (χ4v) is 6.84. The lowest BCUT2D eigenvalue weighted by Crippen LogP contribution is -2.52. The summed E-state index contributed by atoms with van der Waals surface area (Å²) in [5.41, 5.74) is 3.30. The molecule has 4 aromatic rings. The van der Waals surface area contributed by atoms with Crippen LogP contribution >= 0.6 is 15.9 Å². The Morgan fingerprint density at radius 2 is 1.70 bits per heavy atom. The molecule has 6 rings (SSSR count). The van der Waals surface area contributed by atoms with Crippen LogP contribution in [0.2, 0.25) is 0 Å². The summed E-state index contributed by atoms with van der Waals surface area (Å²) in [5.74, 6) is 2.06. The molecule has 2 aliphatic heterocycles. The van der Waals surface area contributed by atoms with Gasteiger partial charge in [-0.25, -0.2) is 13.4 Å². The highest BCUT2D eigenvalue weighted by atomic mass is 79.9. The Bertz CT molecular complexity index is 1830. The minimum absolute atomic E-state index is 0.262. The molecule has 0 radical (unpaired) electrons. The van der Waals surface area contributed by atoms with Crippen molar-refractivity contribution in [3.8, 4) is 5.88 Å². The van der Waals surface area contributed by atoms with Gasteiger partial charge in [-0.3, -0.25) is 19.6 Å². The maximum Gasteiger partial charge on any atom is 0.239 e. The van der Waals surface area contributed by atoms with Crippen LogP contribution < -0.4 is 25.0 Å². The number of ether oxygens (including phenoxy) is 1. The zero-order valence-electron chi connectivity index (χ0n) is 26.3. The van der Waals surface area contributed by atoms with Crippen molar-refractivity contribution in [1.29, 1.82) is 0 Å². The first-order valence-electron chi connectivity index (χ1n) is 15.1. The number of hydrogen-bond acceptors (Lipinski definition) is 13. The number of likely N-dealkylation sites (N-methyl/N-ethyl adjacent to an activating group) is 1. The summed E-state index contributed by atoms with van der Waals surface area (Å²) in [6, 6.07) is 6.09. The quantitative estimate of drug-likeness (QED) is 0.230. The van der Waals surface area contributed by atoms with Crippen molar-refractivity contribution < 1.29 is 13.2 Å². The fraction of sp³-hybridized carbons (Fsp3) is 0.433.